The summed E-state index contributed by atoms with van der Waals surface area (Å²) in [5.74, 6) is -0.161. The number of benzene rings is 1. The summed E-state index contributed by atoms with van der Waals surface area (Å²) >= 11 is 5.98. The number of carbonyl (C=O) groups is 1. The van der Waals surface area contributed by atoms with E-state index in [0.29, 0.717) is 10.6 Å². The first-order valence-corrected chi connectivity index (χ1v) is 6.57. The Bertz CT molecular complexity index is 471. The van der Waals surface area contributed by atoms with Crippen molar-refractivity contribution in [3.05, 3.63) is 28.8 Å². The van der Waals surface area contributed by atoms with Gasteiger partial charge in [0.2, 0.25) is 0 Å². The van der Waals surface area contributed by atoms with Crippen molar-refractivity contribution in [2.45, 2.75) is 39.2 Å². The maximum Gasteiger partial charge on any atom is 0.253 e. The van der Waals surface area contributed by atoms with Crippen LogP contribution in [-0.4, -0.2) is 17.1 Å². The highest BCUT2D eigenvalue weighted by Crippen LogP contribution is 2.37. The highest BCUT2D eigenvalue weighted by Gasteiger charge is 2.35. The molecule has 2 rings (SSSR count). The molecule has 0 saturated heterocycles. The summed E-state index contributed by atoms with van der Waals surface area (Å²) in [5, 5.41) is 12.8. The molecule has 18 heavy (non-hydrogen) atoms. The van der Waals surface area contributed by atoms with Crippen LogP contribution in [-0.2, 0) is 0 Å². The molecule has 3 nitrogen and oxygen atoms in total. The van der Waals surface area contributed by atoms with Crippen LogP contribution >= 0.6 is 11.6 Å². The molecule has 1 amide bonds. The molecule has 4 heteroatoms. The molecule has 0 aliphatic heterocycles. The summed E-state index contributed by atoms with van der Waals surface area (Å²) in [6.07, 6.45) is 3.24. The predicted molar refractivity (Wildman–Crippen MR) is 72.0 cm³/mol. The Balaban J connectivity index is 2.15. The third-order valence-electron chi connectivity index (χ3n) is 3.76. The molecule has 1 aliphatic carbocycles. The standard InChI is InChI=1S/C14H18ClNO2/c1-14(2)7-3-4-12(14)16-13(18)10-8-9(17)5-6-11(10)15/h5-6,8,12,17H,3-4,7H2,1-2H3,(H,16,18). The molecule has 0 radical (unpaired) electrons. The molecule has 1 aromatic rings. The first kappa shape index (κ1) is 13.2. The lowest BCUT2D eigenvalue weighted by atomic mass is 9.87. The second kappa shape index (κ2) is 4.81. The largest absolute Gasteiger partial charge is 0.508 e. The summed E-state index contributed by atoms with van der Waals surface area (Å²) in [5.41, 5.74) is 0.457. The summed E-state index contributed by atoms with van der Waals surface area (Å²) in [6, 6.07) is 4.58. The van der Waals surface area contributed by atoms with E-state index in [1.807, 2.05) is 0 Å². The van der Waals surface area contributed by atoms with Gasteiger partial charge in [-0.3, -0.25) is 4.79 Å². The molecule has 1 aromatic carbocycles. The van der Waals surface area contributed by atoms with Gasteiger partial charge in [-0.2, -0.15) is 0 Å². The number of phenolic OH excluding ortho intramolecular Hbond substituents is 1. The Morgan fingerprint density at radius 2 is 2.22 bits per heavy atom. The number of halogens is 1. The van der Waals surface area contributed by atoms with Crippen molar-refractivity contribution in [2.75, 3.05) is 0 Å². The minimum absolute atomic E-state index is 0.0511. The molecule has 1 aliphatic rings. The van der Waals surface area contributed by atoms with E-state index in [9.17, 15) is 9.90 Å². The molecule has 0 bridgehead atoms. The smallest absolute Gasteiger partial charge is 0.253 e. The van der Waals surface area contributed by atoms with Crippen LogP contribution in [0.4, 0.5) is 0 Å². The van der Waals surface area contributed by atoms with E-state index >= 15 is 0 Å². The fraction of sp³-hybridized carbons (Fsp3) is 0.500. The van der Waals surface area contributed by atoms with Gasteiger partial charge in [-0.1, -0.05) is 31.9 Å². The van der Waals surface area contributed by atoms with E-state index in [2.05, 4.69) is 19.2 Å². The van der Waals surface area contributed by atoms with Gasteiger partial charge in [0.25, 0.3) is 5.91 Å². The second-order valence-electron chi connectivity index (χ2n) is 5.57. The van der Waals surface area contributed by atoms with Gasteiger partial charge >= 0.3 is 0 Å². The summed E-state index contributed by atoms with van der Waals surface area (Å²) in [4.78, 5) is 12.2. The fourth-order valence-electron chi connectivity index (χ4n) is 2.52. The quantitative estimate of drug-likeness (QED) is 0.863. The van der Waals surface area contributed by atoms with E-state index in [4.69, 9.17) is 11.6 Å². The van der Waals surface area contributed by atoms with Gasteiger partial charge in [-0.05, 0) is 36.5 Å². The van der Waals surface area contributed by atoms with Crippen molar-refractivity contribution in [3.63, 3.8) is 0 Å². The van der Waals surface area contributed by atoms with E-state index in [1.54, 1.807) is 0 Å². The topological polar surface area (TPSA) is 49.3 Å². The molecule has 1 unspecified atom stereocenters. The number of aromatic hydroxyl groups is 1. The monoisotopic (exact) mass is 267 g/mol. The number of rotatable bonds is 2. The van der Waals surface area contributed by atoms with Crippen LogP contribution < -0.4 is 5.32 Å². The van der Waals surface area contributed by atoms with Crippen LogP contribution in [0.5, 0.6) is 5.75 Å². The van der Waals surface area contributed by atoms with Gasteiger partial charge in [0, 0.05) is 6.04 Å². The van der Waals surface area contributed by atoms with Gasteiger partial charge in [0.1, 0.15) is 5.75 Å². The molecular weight excluding hydrogens is 250 g/mol. The van der Waals surface area contributed by atoms with Crippen LogP contribution in [0, 0.1) is 5.41 Å². The number of amides is 1. The van der Waals surface area contributed by atoms with Gasteiger partial charge in [0.15, 0.2) is 0 Å². The first-order chi connectivity index (χ1) is 8.40. The van der Waals surface area contributed by atoms with E-state index < -0.39 is 0 Å². The normalized spacial score (nSPS) is 21.8. The van der Waals surface area contributed by atoms with Gasteiger partial charge < -0.3 is 10.4 Å². The number of carbonyl (C=O) groups excluding carboxylic acids is 1. The lowest BCUT2D eigenvalue weighted by Gasteiger charge is -2.27. The third kappa shape index (κ3) is 2.61. The number of hydrogen-bond donors (Lipinski definition) is 2. The van der Waals surface area contributed by atoms with Gasteiger partial charge in [-0.25, -0.2) is 0 Å². The molecule has 1 saturated carbocycles. The molecule has 1 atom stereocenters. The Morgan fingerprint density at radius 1 is 1.50 bits per heavy atom. The minimum atomic E-state index is -0.212. The van der Waals surface area contributed by atoms with E-state index in [1.165, 1.54) is 18.2 Å². The first-order valence-electron chi connectivity index (χ1n) is 6.19. The van der Waals surface area contributed by atoms with Crippen molar-refractivity contribution in [1.29, 1.82) is 0 Å². The molecule has 0 spiro atoms. The van der Waals surface area contributed by atoms with Crippen molar-refractivity contribution in [3.8, 4) is 5.75 Å². The van der Waals surface area contributed by atoms with Crippen LogP contribution in [0.15, 0.2) is 18.2 Å². The zero-order valence-electron chi connectivity index (χ0n) is 10.7. The molecule has 98 valence electrons. The van der Waals surface area contributed by atoms with Crippen LogP contribution in [0.3, 0.4) is 0 Å². The summed E-state index contributed by atoms with van der Waals surface area (Å²) in [7, 11) is 0. The molecule has 1 fully saturated rings. The summed E-state index contributed by atoms with van der Waals surface area (Å²) < 4.78 is 0. The molecular formula is C14H18ClNO2. The maximum absolute atomic E-state index is 12.2. The Hall–Kier alpha value is -1.22. The Labute approximate surface area is 112 Å². The van der Waals surface area contributed by atoms with Crippen LogP contribution in [0.25, 0.3) is 0 Å². The number of hydrogen-bond acceptors (Lipinski definition) is 2. The Morgan fingerprint density at radius 3 is 2.83 bits per heavy atom. The third-order valence-corrected chi connectivity index (χ3v) is 4.09. The molecule has 0 heterocycles. The molecule has 2 N–H and O–H groups in total. The maximum atomic E-state index is 12.2. The zero-order valence-corrected chi connectivity index (χ0v) is 11.4. The van der Waals surface area contributed by atoms with Crippen molar-refractivity contribution in [2.24, 2.45) is 5.41 Å². The summed E-state index contributed by atoms with van der Waals surface area (Å²) in [6.45, 7) is 4.32. The minimum Gasteiger partial charge on any atom is -0.508 e. The highest BCUT2D eigenvalue weighted by molar-refractivity contribution is 6.33. The fourth-order valence-corrected chi connectivity index (χ4v) is 2.72. The second-order valence-corrected chi connectivity index (χ2v) is 5.98. The van der Waals surface area contributed by atoms with Crippen molar-refractivity contribution >= 4 is 17.5 Å². The van der Waals surface area contributed by atoms with Crippen LogP contribution in [0.1, 0.15) is 43.5 Å². The van der Waals surface area contributed by atoms with Gasteiger partial charge in [-0.15, -0.1) is 0 Å². The average molecular weight is 268 g/mol. The van der Waals surface area contributed by atoms with Gasteiger partial charge in [0.05, 0.1) is 10.6 Å². The number of phenols is 1. The van der Waals surface area contributed by atoms with E-state index in [-0.39, 0.29) is 23.1 Å². The Kier molecular flexibility index (Phi) is 3.53. The molecule has 0 aromatic heterocycles. The zero-order chi connectivity index (χ0) is 13.3. The SMILES string of the molecule is CC1(C)CCCC1NC(=O)c1cc(O)ccc1Cl. The lowest BCUT2D eigenvalue weighted by molar-refractivity contribution is 0.0910. The van der Waals surface area contributed by atoms with Crippen molar-refractivity contribution < 1.29 is 9.90 Å². The highest BCUT2D eigenvalue weighted by atomic mass is 35.5. The average Bonchev–Trinajstić information content (AvgIpc) is 2.62. The van der Waals surface area contributed by atoms with E-state index in [0.717, 1.165) is 19.3 Å². The lowest BCUT2D eigenvalue weighted by Crippen LogP contribution is -2.41. The van der Waals surface area contributed by atoms with Crippen LogP contribution in [0.2, 0.25) is 5.02 Å². The number of nitrogens with one attached hydrogen (secondary N) is 1. The predicted octanol–water partition coefficient (Wildman–Crippen LogP) is 3.35. The van der Waals surface area contributed by atoms with Crippen molar-refractivity contribution in [1.82, 2.24) is 5.32 Å².